The van der Waals surface area contributed by atoms with Crippen molar-refractivity contribution >= 4 is 34.9 Å². The molecule has 4 rings (SSSR count). The zero-order valence-electron chi connectivity index (χ0n) is 21.4. The Kier molecular flexibility index (Phi) is 7.57. The van der Waals surface area contributed by atoms with Crippen molar-refractivity contribution in [3.63, 3.8) is 0 Å². The number of fused-ring (bicyclic) bond motifs is 1. The van der Waals surface area contributed by atoms with Crippen molar-refractivity contribution in [2.45, 2.75) is 32.4 Å². The molecular weight excluding hydrogens is 489 g/mol. The van der Waals surface area contributed by atoms with E-state index in [1.54, 1.807) is 62.4 Å². The van der Waals surface area contributed by atoms with Crippen LogP contribution in [0.2, 0.25) is 0 Å². The summed E-state index contributed by atoms with van der Waals surface area (Å²) in [6.07, 6.45) is 0.193. The number of halogens is 1. The summed E-state index contributed by atoms with van der Waals surface area (Å²) < 4.78 is 19.8. The molecule has 3 aromatic carbocycles. The lowest BCUT2D eigenvalue weighted by molar-refractivity contribution is -0.145. The average Bonchev–Trinajstić information content (AvgIpc) is 3.17. The number of ether oxygens (including phenoxy) is 1. The second kappa shape index (κ2) is 10.8. The molecule has 0 radical (unpaired) electrons. The summed E-state index contributed by atoms with van der Waals surface area (Å²) in [5.74, 6) is -2.55. The highest BCUT2D eigenvalue weighted by Gasteiger charge is 2.44. The molecule has 1 atom stereocenters. The van der Waals surface area contributed by atoms with Crippen LogP contribution >= 0.6 is 0 Å². The van der Waals surface area contributed by atoms with Gasteiger partial charge in [-0.05, 0) is 55.8 Å². The lowest BCUT2D eigenvalue weighted by atomic mass is 9.93. The number of Topliss-reactive ketones (excluding diaryl/α,β-unsaturated/α-hetero) is 1. The lowest BCUT2D eigenvalue weighted by Crippen LogP contribution is -2.58. The number of benzene rings is 3. The fourth-order valence-electron chi connectivity index (χ4n) is 4.37. The minimum atomic E-state index is -1.43. The summed E-state index contributed by atoms with van der Waals surface area (Å²) in [7, 11) is 1.53. The summed E-state index contributed by atoms with van der Waals surface area (Å²) in [5, 5.41) is 2.83. The van der Waals surface area contributed by atoms with Gasteiger partial charge in [-0.15, -0.1) is 0 Å². The van der Waals surface area contributed by atoms with Crippen LogP contribution in [0.3, 0.4) is 0 Å². The molecule has 1 aliphatic rings. The molecule has 1 heterocycles. The number of nitrogens with zero attached hydrogens (tertiary/aromatic N) is 2. The SMILES string of the molecule is CCC(C)(C(=O)Nc1ccc(OC)cc1)N(Cc1ccccc1F)C(=O)CN1C(=O)C(=O)c2ccccc21. The number of rotatable bonds is 9. The first-order chi connectivity index (χ1) is 18.2. The van der Waals surface area contributed by atoms with E-state index in [9.17, 15) is 23.6 Å². The van der Waals surface area contributed by atoms with Crippen molar-refractivity contribution in [3.8, 4) is 5.75 Å². The Balaban J connectivity index is 1.67. The van der Waals surface area contributed by atoms with E-state index in [-0.39, 0.29) is 24.1 Å². The van der Waals surface area contributed by atoms with Crippen molar-refractivity contribution in [1.82, 2.24) is 4.90 Å². The van der Waals surface area contributed by atoms with Crippen molar-refractivity contribution in [2.24, 2.45) is 0 Å². The van der Waals surface area contributed by atoms with E-state index in [4.69, 9.17) is 4.74 Å². The van der Waals surface area contributed by atoms with Gasteiger partial charge in [0.15, 0.2) is 0 Å². The lowest BCUT2D eigenvalue weighted by Gasteiger charge is -2.40. The summed E-state index contributed by atoms with van der Waals surface area (Å²) >= 11 is 0. The topological polar surface area (TPSA) is 96.0 Å². The number of amides is 3. The van der Waals surface area contributed by atoms with Gasteiger partial charge in [-0.3, -0.25) is 24.1 Å². The van der Waals surface area contributed by atoms with Crippen LogP contribution in [0.25, 0.3) is 0 Å². The zero-order chi connectivity index (χ0) is 27.4. The molecule has 1 unspecified atom stereocenters. The Bertz CT molecular complexity index is 1390. The van der Waals surface area contributed by atoms with E-state index in [1.165, 1.54) is 36.3 Å². The first-order valence-electron chi connectivity index (χ1n) is 12.1. The van der Waals surface area contributed by atoms with Crippen molar-refractivity contribution in [2.75, 3.05) is 23.9 Å². The largest absolute Gasteiger partial charge is 0.497 e. The van der Waals surface area contributed by atoms with Gasteiger partial charge in [-0.1, -0.05) is 37.3 Å². The Morgan fingerprint density at radius 2 is 1.66 bits per heavy atom. The van der Waals surface area contributed by atoms with Crippen molar-refractivity contribution in [1.29, 1.82) is 0 Å². The molecule has 196 valence electrons. The molecule has 0 spiro atoms. The number of anilines is 2. The number of carbonyl (C=O) groups is 4. The predicted octanol–water partition coefficient (Wildman–Crippen LogP) is 4.20. The minimum absolute atomic E-state index is 0.193. The number of para-hydroxylation sites is 1. The summed E-state index contributed by atoms with van der Waals surface area (Å²) in [5.41, 5.74) is -0.194. The highest BCUT2D eigenvalue weighted by molar-refractivity contribution is 6.52. The summed E-state index contributed by atoms with van der Waals surface area (Å²) in [4.78, 5) is 55.0. The summed E-state index contributed by atoms with van der Waals surface area (Å²) in [6, 6.07) is 19.1. The van der Waals surface area contributed by atoms with Gasteiger partial charge in [0.2, 0.25) is 11.8 Å². The third-order valence-electron chi connectivity index (χ3n) is 6.88. The van der Waals surface area contributed by atoms with Gasteiger partial charge in [0.25, 0.3) is 11.7 Å². The first-order valence-corrected chi connectivity index (χ1v) is 12.1. The van der Waals surface area contributed by atoms with Crippen LogP contribution in [-0.2, 0) is 20.9 Å². The molecule has 3 aromatic rings. The fourth-order valence-corrected chi connectivity index (χ4v) is 4.37. The smallest absolute Gasteiger partial charge is 0.299 e. The molecule has 3 amide bonds. The predicted molar refractivity (Wildman–Crippen MR) is 140 cm³/mol. The van der Waals surface area contributed by atoms with Crippen molar-refractivity contribution < 1.29 is 28.3 Å². The maximum atomic E-state index is 14.7. The van der Waals surface area contributed by atoms with Crippen LogP contribution in [-0.4, -0.2) is 47.6 Å². The van der Waals surface area contributed by atoms with Crippen LogP contribution in [0.4, 0.5) is 15.8 Å². The van der Waals surface area contributed by atoms with E-state index in [1.807, 2.05) is 0 Å². The Labute approximate surface area is 220 Å². The number of methoxy groups -OCH3 is 1. The van der Waals surface area contributed by atoms with Crippen LogP contribution in [0, 0.1) is 5.82 Å². The van der Waals surface area contributed by atoms with E-state index in [0.717, 1.165) is 4.90 Å². The minimum Gasteiger partial charge on any atom is -0.497 e. The molecule has 0 bridgehead atoms. The molecule has 38 heavy (non-hydrogen) atoms. The fraction of sp³-hybridized carbons (Fsp3) is 0.241. The van der Waals surface area contributed by atoms with E-state index < -0.39 is 41.4 Å². The van der Waals surface area contributed by atoms with Gasteiger partial charge in [-0.2, -0.15) is 0 Å². The summed E-state index contributed by atoms with van der Waals surface area (Å²) in [6.45, 7) is 2.63. The molecule has 0 aromatic heterocycles. The molecule has 1 aliphatic heterocycles. The molecule has 0 saturated carbocycles. The Hall–Kier alpha value is -4.53. The van der Waals surface area contributed by atoms with E-state index >= 15 is 0 Å². The quantitative estimate of drug-likeness (QED) is 0.429. The van der Waals surface area contributed by atoms with E-state index in [2.05, 4.69) is 5.32 Å². The van der Waals surface area contributed by atoms with Gasteiger partial charge < -0.3 is 15.0 Å². The van der Waals surface area contributed by atoms with E-state index in [0.29, 0.717) is 17.1 Å². The molecule has 1 N–H and O–H groups in total. The number of hydrogen-bond acceptors (Lipinski definition) is 5. The van der Waals surface area contributed by atoms with Gasteiger partial charge in [-0.25, -0.2) is 4.39 Å². The second-order valence-corrected chi connectivity index (χ2v) is 9.12. The Morgan fingerprint density at radius 1 is 1.00 bits per heavy atom. The van der Waals surface area contributed by atoms with Crippen LogP contribution in [0.15, 0.2) is 72.8 Å². The molecule has 0 fully saturated rings. The monoisotopic (exact) mass is 517 g/mol. The van der Waals surface area contributed by atoms with Crippen LogP contribution < -0.4 is 15.0 Å². The molecule has 0 saturated heterocycles. The van der Waals surface area contributed by atoms with Gasteiger partial charge in [0, 0.05) is 17.8 Å². The number of ketones is 1. The molecule has 8 nitrogen and oxygen atoms in total. The molecular formula is C29H28FN3O5. The average molecular weight is 518 g/mol. The van der Waals surface area contributed by atoms with Gasteiger partial charge >= 0.3 is 0 Å². The number of nitrogens with one attached hydrogen (secondary N) is 1. The zero-order valence-corrected chi connectivity index (χ0v) is 21.4. The highest BCUT2D eigenvalue weighted by atomic mass is 19.1. The van der Waals surface area contributed by atoms with Gasteiger partial charge in [0.05, 0.1) is 18.4 Å². The maximum absolute atomic E-state index is 14.7. The standard InChI is InChI=1S/C29H28FN3O5/c1-4-29(2,28(37)31-20-13-15-21(38-3)16-14-20)33(17-19-9-5-7-11-23(19)30)25(34)18-32-24-12-8-6-10-22(24)26(35)27(32)36/h5-16H,4,17-18H2,1-3H3,(H,31,37). The highest BCUT2D eigenvalue weighted by Crippen LogP contribution is 2.31. The number of hydrogen-bond donors (Lipinski definition) is 1. The second-order valence-electron chi connectivity index (χ2n) is 9.12. The van der Waals surface area contributed by atoms with Crippen LogP contribution in [0.5, 0.6) is 5.75 Å². The third-order valence-corrected chi connectivity index (χ3v) is 6.88. The molecule has 0 aliphatic carbocycles. The van der Waals surface area contributed by atoms with Crippen LogP contribution in [0.1, 0.15) is 36.2 Å². The van der Waals surface area contributed by atoms with Gasteiger partial charge in [0.1, 0.15) is 23.7 Å². The maximum Gasteiger partial charge on any atom is 0.299 e. The van der Waals surface area contributed by atoms with Crippen molar-refractivity contribution in [3.05, 3.63) is 89.7 Å². The third kappa shape index (κ3) is 5.00. The molecule has 9 heteroatoms. The first kappa shape index (κ1) is 26.5. The number of carbonyl (C=O) groups excluding carboxylic acids is 4. The normalized spacial score (nSPS) is 14.1. The Morgan fingerprint density at radius 3 is 2.32 bits per heavy atom.